The van der Waals surface area contributed by atoms with E-state index in [-0.39, 0.29) is 12.0 Å². The first-order chi connectivity index (χ1) is 12.4. The summed E-state index contributed by atoms with van der Waals surface area (Å²) >= 11 is 0. The molecule has 26 heavy (non-hydrogen) atoms. The molecule has 3 heterocycles. The number of nitrogens with zero attached hydrogens (tertiary/aromatic N) is 4. The Morgan fingerprint density at radius 1 is 1.35 bits per heavy atom. The molecule has 0 bridgehead atoms. The van der Waals surface area contributed by atoms with Crippen LogP contribution in [0.5, 0.6) is 0 Å². The molecule has 0 saturated heterocycles. The third-order valence-electron chi connectivity index (χ3n) is 5.47. The summed E-state index contributed by atoms with van der Waals surface area (Å²) in [6, 6.07) is 1.91. The van der Waals surface area contributed by atoms with Crippen LogP contribution in [0.1, 0.15) is 51.8 Å². The molecule has 0 aromatic carbocycles. The molecule has 1 saturated carbocycles. The number of rotatable bonds is 5. The molecule has 0 radical (unpaired) electrons. The SMILES string of the molecule is CC[C@@H]1C[C@H](NS(=O)(=O)C(C)C)C[C@@H]1c1nnc2cnc3[nH]ccc3n12. The van der Waals surface area contributed by atoms with E-state index in [0.29, 0.717) is 11.6 Å². The number of sulfonamides is 1. The summed E-state index contributed by atoms with van der Waals surface area (Å²) in [5.74, 6) is 1.42. The van der Waals surface area contributed by atoms with E-state index >= 15 is 0 Å². The van der Waals surface area contributed by atoms with E-state index in [1.807, 2.05) is 16.7 Å². The van der Waals surface area contributed by atoms with Gasteiger partial charge in [0, 0.05) is 18.2 Å². The van der Waals surface area contributed by atoms with E-state index in [1.54, 1.807) is 20.0 Å². The van der Waals surface area contributed by atoms with Crippen LogP contribution in [0.3, 0.4) is 0 Å². The molecule has 8 nitrogen and oxygen atoms in total. The van der Waals surface area contributed by atoms with Gasteiger partial charge in [-0.2, -0.15) is 0 Å². The lowest BCUT2D eigenvalue weighted by molar-refractivity contribution is 0.449. The molecule has 2 N–H and O–H groups in total. The van der Waals surface area contributed by atoms with E-state index in [4.69, 9.17) is 0 Å². The van der Waals surface area contributed by atoms with Gasteiger partial charge in [-0.1, -0.05) is 13.3 Å². The second-order valence-corrected chi connectivity index (χ2v) is 9.64. The summed E-state index contributed by atoms with van der Waals surface area (Å²) in [5.41, 5.74) is 2.46. The first-order valence-electron chi connectivity index (χ1n) is 9.09. The third kappa shape index (κ3) is 2.79. The summed E-state index contributed by atoms with van der Waals surface area (Å²) in [7, 11) is -3.28. The summed E-state index contributed by atoms with van der Waals surface area (Å²) in [5, 5.41) is 8.31. The van der Waals surface area contributed by atoms with Crippen LogP contribution < -0.4 is 4.72 Å². The molecule has 9 heteroatoms. The number of aromatic nitrogens is 5. The number of aromatic amines is 1. The zero-order valence-electron chi connectivity index (χ0n) is 15.2. The first-order valence-corrected chi connectivity index (χ1v) is 10.6. The van der Waals surface area contributed by atoms with Gasteiger partial charge >= 0.3 is 0 Å². The van der Waals surface area contributed by atoms with Gasteiger partial charge in [-0.15, -0.1) is 10.2 Å². The summed E-state index contributed by atoms with van der Waals surface area (Å²) in [6.45, 7) is 5.55. The summed E-state index contributed by atoms with van der Waals surface area (Å²) < 4.78 is 29.5. The zero-order valence-corrected chi connectivity index (χ0v) is 16.0. The van der Waals surface area contributed by atoms with E-state index in [9.17, 15) is 8.42 Å². The Morgan fingerprint density at radius 2 is 2.15 bits per heavy atom. The highest BCUT2D eigenvalue weighted by atomic mass is 32.2. The van der Waals surface area contributed by atoms with Gasteiger partial charge in [0.1, 0.15) is 5.82 Å². The van der Waals surface area contributed by atoms with Crippen LogP contribution in [-0.2, 0) is 10.0 Å². The lowest BCUT2D eigenvalue weighted by Crippen LogP contribution is -2.37. The maximum absolute atomic E-state index is 12.3. The Kier molecular flexibility index (Phi) is 4.23. The Morgan fingerprint density at radius 3 is 2.88 bits per heavy atom. The minimum Gasteiger partial charge on any atom is -0.345 e. The van der Waals surface area contributed by atoms with E-state index in [2.05, 4.69) is 31.8 Å². The van der Waals surface area contributed by atoms with Crippen LogP contribution >= 0.6 is 0 Å². The minimum absolute atomic E-state index is 0.0618. The molecule has 1 aliphatic rings. The fourth-order valence-electron chi connectivity index (χ4n) is 4.00. The number of nitrogens with one attached hydrogen (secondary N) is 2. The van der Waals surface area contributed by atoms with Gasteiger partial charge in [-0.3, -0.25) is 4.40 Å². The molecular formula is C17H24N6O2S. The molecule has 0 amide bonds. The predicted molar refractivity (Wildman–Crippen MR) is 99.4 cm³/mol. The van der Waals surface area contributed by atoms with Crippen molar-refractivity contribution in [3.63, 3.8) is 0 Å². The van der Waals surface area contributed by atoms with Crippen molar-refractivity contribution in [1.29, 1.82) is 0 Å². The molecule has 0 unspecified atom stereocenters. The maximum Gasteiger partial charge on any atom is 0.214 e. The van der Waals surface area contributed by atoms with Crippen molar-refractivity contribution in [2.24, 2.45) is 5.92 Å². The highest BCUT2D eigenvalue weighted by Gasteiger charge is 2.39. The number of hydrogen-bond donors (Lipinski definition) is 2. The van der Waals surface area contributed by atoms with Gasteiger partial charge < -0.3 is 4.98 Å². The first kappa shape index (κ1) is 17.4. The third-order valence-corrected chi connectivity index (χ3v) is 7.37. The van der Waals surface area contributed by atoms with Gasteiger partial charge in [0.05, 0.1) is 17.0 Å². The fourth-order valence-corrected chi connectivity index (χ4v) is 4.92. The summed E-state index contributed by atoms with van der Waals surface area (Å²) in [4.78, 5) is 7.48. The van der Waals surface area contributed by atoms with Crippen LogP contribution in [-0.4, -0.2) is 44.3 Å². The Hall–Kier alpha value is -2.00. The van der Waals surface area contributed by atoms with Crippen LogP contribution in [0, 0.1) is 5.92 Å². The van der Waals surface area contributed by atoms with Crippen molar-refractivity contribution in [1.82, 2.24) is 29.3 Å². The largest absolute Gasteiger partial charge is 0.345 e. The molecule has 4 rings (SSSR count). The van der Waals surface area contributed by atoms with Gasteiger partial charge in [-0.25, -0.2) is 18.1 Å². The lowest BCUT2D eigenvalue weighted by atomic mass is 9.93. The van der Waals surface area contributed by atoms with Gasteiger partial charge in [0.25, 0.3) is 0 Å². The topological polar surface area (TPSA) is 105 Å². The molecule has 0 aliphatic heterocycles. The van der Waals surface area contributed by atoms with Crippen molar-refractivity contribution >= 4 is 26.8 Å². The van der Waals surface area contributed by atoms with E-state index < -0.39 is 15.3 Å². The van der Waals surface area contributed by atoms with Crippen LogP contribution in [0.25, 0.3) is 16.8 Å². The normalized spacial score (nSPS) is 24.2. The predicted octanol–water partition coefficient (Wildman–Crippen LogP) is 2.21. The molecule has 1 fully saturated rings. The Bertz CT molecular complexity index is 1040. The van der Waals surface area contributed by atoms with Gasteiger partial charge in [0.15, 0.2) is 11.3 Å². The molecule has 3 aromatic heterocycles. The maximum atomic E-state index is 12.3. The number of fused-ring (bicyclic) bond motifs is 3. The lowest BCUT2D eigenvalue weighted by Gasteiger charge is -2.16. The molecule has 1 aliphatic carbocycles. The van der Waals surface area contributed by atoms with Gasteiger partial charge in [0.2, 0.25) is 10.0 Å². The van der Waals surface area contributed by atoms with Crippen LogP contribution in [0.4, 0.5) is 0 Å². The number of hydrogen-bond acceptors (Lipinski definition) is 5. The van der Waals surface area contributed by atoms with Crippen LogP contribution in [0.15, 0.2) is 18.5 Å². The molecule has 3 atom stereocenters. The zero-order chi connectivity index (χ0) is 18.5. The summed E-state index contributed by atoms with van der Waals surface area (Å²) in [6.07, 6.45) is 6.10. The quantitative estimate of drug-likeness (QED) is 0.710. The molecular weight excluding hydrogens is 352 g/mol. The van der Waals surface area contributed by atoms with Crippen molar-refractivity contribution in [3.8, 4) is 0 Å². The average Bonchev–Trinajstić information content (AvgIpc) is 3.30. The molecule has 140 valence electrons. The second-order valence-electron chi connectivity index (χ2n) is 7.38. The molecule has 3 aromatic rings. The highest BCUT2D eigenvalue weighted by molar-refractivity contribution is 7.90. The van der Waals surface area contributed by atoms with E-state index in [0.717, 1.165) is 36.3 Å². The Balaban J connectivity index is 1.71. The standard InChI is InChI=1S/C17H24N6O2S/c1-4-11-7-12(22-26(24,25)10(2)3)8-13(11)17-21-20-15-9-19-16-14(23(15)17)5-6-18-16/h5-6,9-13,18,22H,4,7-8H2,1-3H3/t11-,12+,13+/m1/s1. The van der Waals surface area contributed by atoms with Crippen molar-refractivity contribution in [3.05, 3.63) is 24.3 Å². The van der Waals surface area contributed by atoms with E-state index in [1.165, 1.54) is 0 Å². The highest BCUT2D eigenvalue weighted by Crippen LogP contribution is 2.41. The molecule has 0 spiro atoms. The van der Waals surface area contributed by atoms with Gasteiger partial charge in [-0.05, 0) is 38.7 Å². The average molecular weight is 376 g/mol. The Labute approximate surface area is 152 Å². The number of H-pyrrole nitrogens is 1. The second kappa shape index (κ2) is 6.31. The van der Waals surface area contributed by atoms with Crippen molar-refractivity contribution in [2.45, 2.75) is 57.2 Å². The van der Waals surface area contributed by atoms with Crippen LogP contribution in [0.2, 0.25) is 0 Å². The fraction of sp³-hybridized carbons (Fsp3) is 0.588. The van der Waals surface area contributed by atoms with Crippen molar-refractivity contribution in [2.75, 3.05) is 0 Å². The smallest absolute Gasteiger partial charge is 0.214 e. The van der Waals surface area contributed by atoms with Crippen molar-refractivity contribution < 1.29 is 8.42 Å². The monoisotopic (exact) mass is 376 g/mol. The minimum atomic E-state index is -3.28.